The highest BCUT2D eigenvalue weighted by molar-refractivity contribution is 5.92. The number of carbonyl (C=O) groups is 1. The van der Waals surface area contributed by atoms with E-state index < -0.39 is 0 Å². The van der Waals surface area contributed by atoms with Crippen molar-refractivity contribution in [2.24, 2.45) is 11.7 Å². The molecule has 0 spiro atoms. The van der Waals surface area contributed by atoms with Crippen molar-refractivity contribution in [3.05, 3.63) is 29.6 Å². The lowest BCUT2D eigenvalue weighted by Crippen LogP contribution is -2.26. The number of aromatic nitrogens is 1. The maximum absolute atomic E-state index is 11.7. The molecule has 1 amide bonds. The largest absolute Gasteiger partial charge is 0.351 e. The first kappa shape index (κ1) is 13.6. The molecule has 1 heterocycles. The smallest absolute Gasteiger partial charge is 0.269 e. The first-order valence-electron chi connectivity index (χ1n) is 6.05. The van der Waals surface area contributed by atoms with E-state index >= 15 is 0 Å². The second-order valence-electron chi connectivity index (χ2n) is 4.40. The van der Waals surface area contributed by atoms with Crippen LogP contribution in [-0.2, 0) is 0 Å². The molecule has 0 aromatic carbocycles. The maximum Gasteiger partial charge on any atom is 0.269 e. The van der Waals surface area contributed by atoms with E-state index in [9.17, 15) is 4.79 Å². The third-order valence-corrected chi connectivity index (χ3v) is 2.68. The third-order valence-electron chi connectivity index (χ3n) is 2.68. The Morgan fingerprint density at radius 1 is 1.53 bits per heavy atom. The number of amides is 1. The molecule has 0 saturated carbocycles. The summed E-state index contributed by atoms with van der Waals surface area (Å²) in [7, 11) is 0. The molecule has 0 aliphatic carbocycles. The number of carbonyl (C=O) groups excluding carboxylic acids is 1. The summed E-state index contributed by atoms with van der Waals surface area (Å²) in [6.07, 6.45) is 1.99. The van der Waals surface area contributed by atoms with Crippen molar-refractivity contribution in [2.45, 2.75) is 26.7 Å². The summed E-state index contributed by atoms with van der Waals surface area (Å²) in [5.74, 6) is 0.415. The Kier molecular flexibility index (Phi) is 5.63. The van der Waals surface area contributed by atoms with Gasteiger partial charge < -0.3 is 11.1 Å². The molecule has 1 aromatic rings. The zero-order chi connectivity index (χ0) is 12.7. The van der Waals surface area contributed by atoms with Gasteiger partial charge >= 0.3 is 0 Å². The molecule has 1 rings (SSSR count). The van der Waals surface area contributed by atoms with Crippen molar-refractivity contribution in [3.8, 4) is 0 Å². The number of aryl methyl sites for hydroxylation is 1. The summed E-state index contributed by atoms with van der Waals surface area (Å²) >= 11 is 0. The summed E-state index contributed by atoms with van der Waals surface area (Å²) in [6.45, 7) is 5.37. The van der Waals surface area contributed by atoms with E-state index in [1.165, 1.54) is 0 Å². The molecule has 0 saturated heterocycles. The molecule has 0 radical (unpaired) electrons. The average Bonchev–Trinajstić information content (AvgIpc) is 2.34. The van der Waals surface area contributed by atoms with Crippen LogP contribution in [0.25, 0.3) is 0 Å². The molecule has 4 nitrogen and oxygen atoms in total. The van der Waals surface area contributed by atoms with Crippen LogP contribution in [0.4, 0.5) is 0 Å². The van der Waals surface area contributed by atoms with Crippen LogP contribution in [0.15, 0.2) is 18.2 Å². The molecule has 0 aliphatic heterocycles. The summed E-state index contributed by atoms with van der Waals surface area (Å²) in [6, 6.07) is 5.44. The van der Waals surface area contributed by atoms with E-state index in [0.29, 0.717) is 24.7 Å². The van der Waals surface area contributed by atoms with Gasteiger partial charge in [-0.15, -0.1) is 0 Å². The van der Waals surface area contributed by atoms with Crippen LogP contribution in [-0.4, -0.2) is 24.0 Å². The quantitative estimate of drug-likeness (QED) is 0.734. The van der Waals surface area contributed by atoms with Gasteiger partial charge in [0.05, 0.1) is 0 Å². The van der Waals surface area contributed by atoms with Gasteiger partial charge in [-0.3, -0.25) is 4.79 Å². The summed E-state index contributed by atoms with van der Waals surface area (Å²) in [5.41, 5.74) is 6.86. The van der Waals surface area contributed by atoms with Gasteiger partial charge in [0, 0.05) is 12.2 Å². The molecule has 0 aliphatic rings. The number of hydrogen-bond acceptors (Lipinski definition) is 3. The molecule has 0 bridgehead atoms. The number of nitrogens with two attached hydrogens (primary N) is 1. The van der Waals surface area contributed by atoms with E-state index in [4.69, 9.17) is 5.73 Å². The predicted octanol–water partition coefficient (Wildman–Crippen LogP) is 1.49. The molecule has 94 valence electrons. The second-order valence-corrected chi connectivity index (χ2v) is 4.40. The minimum Gasteiger partial charge on any atom is -0.351 e. The molecule has 4 heteroatoms. The molecule has 1 unspecified atom stereocenters. The standard InChI is InChI=1S/C13H21N3O/c1-10(9-14)5-4-8-15-13(17)12-7-3-6-11(2)16-12/h3,6-7,10H,4-5,8-9,14H2,1-2H3,(H,15,17). The van der Waals surface area contributed by atoms with Gasteiger partial charge in [0.15, 0.2) is 0 Å². The molecule has 1 aromatic heterocycles. The predicted molar refractivity (Wildman–Crippen MR) is 68.8 cm³/mol. The van der Waals surface area contributed by atoms with E-state index in [2.05, 4.69) is 17.2 Å². The van der Waals surface area contributed by atoms with E-state index in [1.807, 2.05) is 19.1 Å². The Hall–Kier alpha value is -1.42. The van der Waals surface area contributed by atoms with Crippen LogP contribution in [0.3, 0.4) is 0 Å². The monoisotopic (exact) mass is 235 g/mol. The highest BCUT2D eigenvalue weighted by Crippen LogP contribution is 2.02. The van der Waals surface area contributed by atoms with Crippen LogP contribution < -0.4 is 11.1 Å². The molecule has 0 fully saturated rings. The van der Waals surface area contributed by atoms with Crippen molar-refractivity contribution < 1.29 is 4.79 Å². The van der Waals surface area contributed by atoms with Gasteiger partial charge in [0.25, 0.3) is 5.91 Å². The van der Waals surface area contributed by atoms with Crippen LogP contribution in [0.2, 0.25) is 0 Å². The lowest BCUT2D eigenvalue weighted by molar-refractivity contribution is 0.0947. The first-order chi connectivity index (χ1) is 8.13. The third kappa shape index (κ3) is 4.95. The Morgan fingerprint density at radius 3 is 2.94 bits per heavy atom. The van der Waals surface area contributed by atoms with Gasteiger partial charge in [-0.2, -0.15) is 0 Å². The number of nitrogens with zero attached hydrogens (tertiary/aromatic N) is 1. The molecule has 17 heavy (non-hydrogen) atoms. The lowest BCUT2D eigenvalue weighted by Gasteiger charge is -2.08. The minimum absolute atomic E-state index is 0.103. The summed E-state index contributed by atoms with van der Waals surface area (Å²) in [5, 5.41) is 2.86. The molecule has 1 atom stereocenters. The van der Waals surface area contributed by atoms with Crippen molar-refractivity contribution in [1.29, 1.82) is 0 Å². The Bertz CT molecular complexity index is 365. The molecular weight excluding hydrogens is 214 g/mol. The fraction of sp³-hybridized carbons (Fsp3) is 0.538. The Labute approximate surface area is 103 Å². The Morgan fingerprint density at radius 2 is 2.29 bits per heavy atom. The van der Waals surface area contributed by atoms with Crippen molar-refractivity contribution in [1.82, 2.24) is 10.3 Å². The van der Waals surface area contributed by atoms with E-state index in [1.54, 1.807) is 6.07 Å². The zero-order valence-electron chi connectivity index (χ0n) is 10.6. The van der Waals surface area contributed by atoms with Gasteiger partial charge in [-0.1, -0.05) is 13.0 Å². The van der Waals surface area contributed by atoms with Crippen LogP contribution in [0, 0.1) is 12.8 Å². The summed E-state index contributed by atoms with van der Waals surface area (Å²) < 4.78 is 0. The second kappa shape index (κ2) is 7.01. The van der Waals surface area contributed by atoms with Gasteiger partial charge in [0.1, 0.15) is 5.69 Å². The lowest BCUT2D eigenvalue weighted by atomic mass is 10.1. The number of hydrogen-bond donors (Lipinski definition) is 2. The van der Waals surface area contributed by atoms with Crippen LogP contribution in [0.5, 0.6) is 0 Å². The average molecular weight is 235 g/mol. The molecular formula is C13H21N3O. The zero-order valence-corrected chi connectivity index (χ0v) is 10.6. The van der Waals surface area contributed by atoms with Gasteiger partial charge in [-0.05, 0) is 44.4 Å². The summed E-state index contributed by atoms with van der Waals surface area (Å²) in [4.78, 5) is 15.9. The highest BCUT2D eigenvalue weighted by atomic mass is 16.1. The number of rotatable bonds is 6. The van der Waals surface area contributed by atoms with Crippen molar-refractivity contribution in [3.63, 3.8) is 0 Å². The van der Waals surface area contributed by atoms with Crippen LogP contribution >= 0.6 is 0 Å². The Balaban J connectivity index is 2.30. The maximum atomic E-state index is 11.7. The fourth-order valence-electron chi connectivity index (χ4n) is 1.53. The fourth-order valence-corrected chi connectivity index (χ4v) is 1.53. The van der Waals surface area contributed by atoms with Crippen LogP contribution in [0.1, 0.15) is 35.9 Å². The van der Waals surface area contributed by atoms with Gasteiger partial charge in [-0.25, -0.2) is 4.98 Å². The van der Waals surface area contributed by atoms with Gasteiger partial charge in [0.2, 0.25) is 0 Å². The van der Waals surface area contributed by atoms with Crippen molar-refractivity contribution >= 4 is 5.91 Å². The first-order valence-corrected chi connectivity index (χ1v) is 6.05. The number of pyridine rings is 1. The SMILES string of the molecule is Cc1cccc(C(=O)NCCCC(C)CN)n1. The highest BCUT2D eigenvalue weighted by Gasteiger charge is 2.06. The van der Waals surface area contributed by atoms with E-state index in [-0.39, 0.29) is 5.91 Å². The number of nitrogens with one attached hydrogen (secondary N) is 1. The van der Waals surface area contributed by atoms with Crippen molar-refractivity contribution in [2.75, 3.05) is 13.1 Å². The topological polar surface area (TPSA) is 68.0 Å². The van der Waals surface area contributed by atoms with E-state index in [0.717, 1.165) is 18.5 Å². The molecule has 3 N–H and O–H groups in total. The normalized spacial score (nSPS) is 12.2. The minimum atomic E-state index is -0.103.